The molecule has 0 aliphatic carbocycles. The van der Waals surface area contributed by atoms with Crippen LogP contribution in [0.3, 0.4) is 0 Å². The Bertz CT molecular complexity index is 1000. The lowest BCUT2D eigenvalue weighted by atomic mass is 10.0. The van der Waals surface area contributed by atoms with Gasteiger partial charge in [0.05, 0.1) is 29.4 Å². The lowest BCUT2D eigenvalue weighted by molar-refractivity contribution is -0.114. The molecule has 1 unspecified atom stereocenters. The summed E-state index contributed by atoms with van der Waals surface area (Å²) in [5, 5.41) is 6.46. The minimum Gasteiger partial charge on any atom is -0.494 e. The van der Waals surface area contributed by atoms with Crippen LogP contribution >= 0.6 is 0 Å². The number of amides is 2. The van der Waals surface area contributed by atoms with Crippen molar-refractivity contribution in [3.05, 3.63) is 65.9 Å². The molecule has 6 heteroatoms. The molecular formula is C22H23N3O3. The number of hydrogen-bond donors (Lipinski definition) is 2. The second-order valence-electron chi connectivity index (χ2n) is 6.44. The third-order valence-electron chi connectivity index (χ3n) is 4.37. The van der Waals surface area contributed by atoms with Crippen LogP contribution in [0, 0.1) is 0 Å². The van der Waals surface area contributed by atoms with Gasteiger partial charge in [0, 0.05) is 18.5 Å². The van der Waals surface area contributed by atoms with Crippen molar-refractivity contribution in [3.63, 3.8) is 0 Å². The molecule has 1 heterocycles. The Hall–Kier alpha value is -3.41. The van der Waals surface area contributed by atoms with E-state index in [2.05, 4.69) is 15.6 Å². The van der Waals surface area contributed by atoms with E-state index in [0.717, 1.165) is 11.3 Å². The monoisotopic (exact) mass is 377 g/mol. The number of pyridine rings is 1. The summed E-state index contributed by atoms with van der Waals surface area (Å²) in [5.41, 5.74) is 2.65. The van der Waals surface area contributed by atoms with Crippen LogP contribution < -0.4 is 15.4 Å². The average molecular weight is 377 g/mol. The molecule has 0 aliphatic heterocycles. The number of ether oxygens (including phenoxy) is 1. The van der Waals surface area contributed by atoms with Gasteiger partial charge in [-0.3, -0.25) is 14.6 Å². The first-order chi connectivity index (χ1) is 13.5. The quantitative estimate of drug-likeness (QED) is 0.678. The van der Waals surface area contributed by atoms with Crippen molar-refractivity contribution in [3.8, 4) is 5.75 Å². The molecule has 0 radical (unpaired) electrons. The molecule has 0 aliphatic rings. The van der Waals surface area contributed by atoms with E-state index in [1.165, 1.54) is 6.92 Å². The molecule has 2 aromatic carbocycles. The van der Waals surface area contributed by atoms with Crippen molar-refractivity contribution in [2.45, 2.75) is 26.8 Å². The SMILES string of the molecule is CCOc1ccc(C(C)NC(=O)c2ccnc3c(NC(C)=O)cccc23)cc1. The molecule has 144 valence electrons. The summed E-state index contributed by atoms with van der Waals surface area (Å²) in [4.78, 5) is 28.6. The number of carbonyl (C=O) groups is 2. The Morgan fingerprint density at radius 1 is 1.11 bits per heavy atom. The summed E-state index contributed by atoms with van der Waals surface area (Å²) < 4.78 is 5.45. The molecule has 0 saturated heterocycles. The Kier molecular flexibility index (Phi) is 5.89. The Morgan fingerprint density at radius 2 is 1.86 bits per heavy atom. The van der Waals surface area contributed by atoms with Crippen LogP contribution in [-0.4, -0.2) is 23.4 Å². The first-order valence-electron chi connectivity index (χ1n) is 9.18. The normalized spacial score (nSPS) is 11.7. The van der Waals surface area contributed by atoms with Crippen LogP contribution in [0.15, 0.2) is 54.7 Å². The molecular weight excluding hydrogens is 354 g/mol. The van der Waals surface area contributed by atoms with Crippen LogP contribution in [0.5, 0.6) is 5.75 Å². The third kappa shape index (κ3) is 4.28. The van der Waals surface area contributed by atoms with E-state index in [4.69, 9.17) is 4.74 Å². The maximum atomic E-state index is 12.9. The summed E-state index contributed by atoms with van der Waals surface area (Å²) in [6.45, 7) is 5.92. The maximum absolute atomic E-state index is 12.9. The minimum atomic E-state index is -0.200. The molecule has 28 heavy (non-hydrogen) atoms. The van der Waals surface area contributed by atoms with E-state index in [1.807, 2.05) is 44.2 Å². The summed E-state index contributed by atoms with van der Waals surface area (Å²) in [6.07, 6.45) is 1.57. The van der Waals surface area contributed by atoms with Crippen molar-refractivity contribution in [2.75, 3.05) is 11.9 Å². The van der Waals surface area contributed by atoms with Gasteiger partial charge >= 0.3 is 0 Å². The minimum absolute atomic E-state index is 0.176. The number of carbonyl (C=O) groups excluding carboxylic acids is 2. The van der Waals surface area contributed by atoms with Crippen LogP contribution in [0.25, 0.3) is 10.9 Å². The first kappa shape index (κ1) is 19.4. The number of anilines is 1. The molecule has 0 bridgehead atoms. The van der Waals surface area contributed by atoms with E-state index in [0.29, 0.717) is 28.8 Å². The largest absolute Gasteiger partial charge is 0.494 e. The summed E-state index contributed by atoms with van der Waals surface area (Å²) in [5.74, 6) is 0.414. The predicted molar refractivity (Wildman–Crippen MR) is 110 cm³/mol. The average Bonchev–Trinajstić information content (AvgIpc) is 2.68. The van der Waals surface area contributed by atoms with Gasteiger partial charge in [0.15, 0.2) is 0 Å². The number of nitrogens with zero attached hydrogens (tertiary/aromatic N) is 1. The smallest absolute Gasteiger partial charge is 0.252 e. The number of hydrogen-bond acceptors (Lipinski definition) is 4. The highest BCUT2D eigenvalue weighted by Gasteiger charge is 2.16. The third-order valence-corrected chi connectivity index (χ3v) is 4.37. The molecule has 0 saturated carbocycles. The molecule has 1 aromatic heterocycles. The molecule has 2 N–H and O–H groups in total. The molecule has 2 amide bonds. The van der Waals surface area contributed by atoms with E-state index < -0.39 is 0 Å². The van der Waals surface area contributed by atoms with E-state index in [9.17, 15) is 9.59 Å². The van der Waals surface area contributed by atoms with Crippen molar-refractivity contribution in [1.29, 1.82) is 0 Å². The maximum Gasteiger partial charge on any atom is 0.252 e. The number of aromatic nitrogens is 1. The fraction of sp³-hybridized carbons (Fsp3) is 0.227. The first-order valence-corrected chi connectivity index (χ1v) is 9.18. The van der Waals surface area contributed by atoms with Gasteiger partial charge in [-0.15, -0.1) is 0 Å². The highest BCUT2D eigenvalue weighted by atomic mass is 16.5. The fourth-order valence-corrected chi connectivity index (χ4v) is 3.04. The van der Waals surface area contributed by atoms with Gasteiger partial charge in [-0.05, 0) is 43.7 Å². The lowest BCUT2D eigenvalue weighted by Gasteiger charge is -2.16. The zero-order chi connectivity index (χ0) is 20.1. The van der Waals surface area contributed by atoms with Crippen molar-refractivity contribution >= 4 is 28.4 Å². The number of para-hydroxylation sites is 1. The Balaban J connectivity index is 1.84. The Morgan fingerprint density at radius 3 is 2.54 bits per heavy atom. The van der Waals surface area contributed by atoms with Gasteiger partial charge in [0.2, 0.25) is 5.91 Å². The second-order valence-corrected chi connectivity index (χ2v) is 6.44. The number of nitrogens with one attached hydrogen (secondary N) is 2. The van der Waals surface area contributed by atoms with Crippen molar-refractivity contribution < 1.29 is 14.3 Å². The van der Waals surface area contributed by atoms with Gasteiger partial charge in [-0.1, -0.05) is 24.3 Å². The zero-order valence-electron chi connectivity index (χ0n) is 16.2. The van der Waals surface area contributed by atoms with E-state index >= 15 is 0 Å². The standard InChI is InChI=1S/C22H23N3O3/c1-4-28-17-10-8-16(9-11-17)14(2)24-22(27)19-12-13-23-21-18(19)6-5-7-20(21)25-15(3)26/h5-14H,4H2,1-3H3,(H,24,27)(H,25,26). The van der Waals surface area contributed by atoms with Gasteiger partial charge < -0.3 is 15.4 Å². The van der Waals surface area contributed by atoms with Crippen LogP contribution in [0.2, 0.25) is 0 Å². The Labute approximate surface area is 163 Å². The molecule has 6 nitrogen and oxygen atoms in total. The second kappa shape index (κ2) is 8.52. The van der Waals surface area contributed by atoms with E-state index in [1.54, 1.807) is 24.4 Å². The molecule has 3 aromatic rings. The topological polar surface area (TPSA) is 80.3 Å². The number of rotatable bonds is 6. The highest BCUT2D eigenvalue weighted by Crippen LogP contribution is 2.25. The summed E-state index contributed by atoms with van der Waals surface area (Å²) in [6, 6.07) is 14.6. The van der Waals surface area contributed by atoms with Crippen molar-refractivity contribution in [2.24, 2.45) is 0 Å². The van der Waals surface area contributed by atoms with Crippen LogP contribution in [-0.2, 0) is 4.79 Å². The molecule has 0 spiro atoms. The zero-order valence-corrected chi connectivity index (χ0v) is 16.2. The summed E-state index contributed by atoms with van der Waals surface area (Å²) in [7, 11) is 0. The van der Waals surface area contributed by atoms with Gasteiger partial charge in [-0.25, -0.2) is 0 Å². The predicted octanol–water partition coefficient (Wildman–Crippen LogP) is 4.08. The van der Waals surface area contributed by atoms with E-state index in [-0.39, 0.29) is 17.9 Å². The van der Waals surface area contributed by atoms with Crippen LogP contribution in [0.4, 0.5) is 5.69 Å². The van der Waals surface area contributed by atoms with Gasteiger partial charge in [0.25, 0.3) is 5.91 Å². The van der Waals surface area contributed by atoms with Gasteiger partial charge in [-0.2, -0.15) is 0 Å². The molecule has 1 atom stereocenters. The number of benzene rings is 2. The van der Waals surface area contributed by atoms with Crippen molar-refractivity contribution in [1.82, 2.24) is 10.3 Å². The highest BCUT2D eigenvalue weighted by molar-refractivity contribution is 6.10. The van der Waals surface area contributed by atoms with Gasteiger partial charge in [0.1, 0.15) is 5.75 Å². The summed E-state index contributed by atoms with van der Waals surface area (Å²) >= 11 is 0. The fourth-order valence-electron chi connectivity index (χ4n) is 3.04. The lowest BCUT2D eigenvalue weighted by Crippen LogP contribution is -2.27. The molecule has 0 fully saturated rings. The molecule has 3 rings (SSSR count). The van der Waals surface area contributed by atoms with Crippen LogP contribution in [0.1, 0.15) is 42.7 Å². The number of fused-ring (bicyclic) bond motifs is 1.